The number of ether oxygens (including phenoxy) is 3. The van der Waals surface area contributed by atoms with Crippen LogP contribution in [0.4, 0.5) is 0 Å². The maximum absolute atomic E-state index is 12.1. The third-order valence-electron chi connectivity index (χ3n) is 3.87. The number of aromatic hydroxyl groups is 1. The average molecular weight is 385 g/mol. The fourth-order valence-electron chi connectivity index (χ4n) is 2.45. The monoisotopic (exact) mass is 385 g/mol. The molecule has 146 valence electrons. The first kappa shape index (κ1) is 19.0. The van der Waals surface area contributed by atoms with Gasteiger partial charge in [0, 0.05) is 5.56 Å². The molecule has 0 aliphatic carbocycles. The summed E-state index contributed by atoms with van der Waals surface area (Å²) < 4.78 is 16.0. The minimum atomic E-state index is -0.847. The number of para-hydroxylation sites is 3. The Morgan fingerprint density at radius 3 is 2.82 bits per heavy atom. The second-order valence-electron chi connectivity index (χ2n) is 5.77. The van der Waals surface area contributed by atoms with Crippen LogP contribution in [0, 0.1) is 0 Å². The molecule has 0 spiro atoms. The molecule has 1 atom stereocenters. The molecule has 3 rings (SSSR count). The summed E-state index contributed by atoms with van der Waals surface area (Å²) in [5, 5.41) is 16.1. The molecular formula is C19H19N3O6. The van der Waals surface area contributed by atoms with Crippen molar-refractivity contribution in [2.24, 2.45) is 5.10 Å². The fourth-order valence-corrected chi connectivity index (χ4v) is 2.45. The average Bonchev–Trinajstić information content (AvgIpc) is 2.73. The van der Waals surface area contributed by atoms with Gasteiger partial charge in [-0.1, -0.05) is 18.2 Å². The Hall–Kier alpha value is -3.75. The second kappa shape index (κ2) is 8.76. The van der Waals surface area contributed by atoms with Crippen LogP contribution in [-0.4, -0.2) is 49.5 Å². The van der Waals surface area contributed by atoms with Crippen molar-refractivity contribution in [2.45, 2.75) is 6.10 Å². The number of hydrogen-bond donors (Lipinski definition) is 3. The van der Waals surface area contributed by atoms with Gasteiger partial charge in [0.25, 0.3) is 11.8 Å². The molecular weight excluding hydrogens is 366 g/mol. The van der Waals surface area contributed by atoms with E-state index in [4.69, 9.17) is 14.2 Å². The molecule has 2 aromatic rings. The van der Waals surface area contributed by atoms with Crippen molar-refractivity contribution < 1.29 is 28.9 Å². The van der Waals surface area contributed by atoms with Crippen molar-refractivity contribution in [3.63, 3.8) is 0 Å². The molecule has 28 heavy (non-hydrogen) atoms. The predicted octanol–water partition coefficient (Wildman–Crippen LogP) is 0.807. The van der Waals surface area contributed by atoms with Gasteiger partial charge in [-0.25, -0.2) is 5.43 Å². The van der Waals surface area contributed by atoms with Gasteiger partial charge in [0.15, 0.2) is 23.0 Å². The number of amides is 2. The molecule has 1 heterocycles. The summed E-state index contributed by atoms with van der Waals surface area (Å²) >= 11 is 0. The highest BCUT2D eigenvalue weighted by Crippen LogP contribution is 2.31. The Morgan fingerprint density at radius 2 is 2.04 bits per heavy atom. The highest BCUT2D eigenvalue weighted by Gasteiger charge is 2.27. The van der Waals surface area contributed by atoms with Crippen LogP contribution in [0.1, 0.15) is 5.56 Å². The molecule has 0 fully saturated rings. The van der Waals surface area contributed by atoms with E-state index in [0.717, 1.165) is 0 Å². The van der Waals surface area contributed by atoms with Gasteiger partial charge in [0.2, 0.25) is 6.10 Å². The lowest BCUT2D eigenvalue weighted by Gasteiger charge is -2.25. The van der Waals surface area contributed by atoms with Gasteiger partial charge in [0.05, 0.1) is 19.9 Å². The first-order chi connectivity index (χ1) is 13.6. The summed E-state index contributed by atoms with van der Waals surface area (Å²) in [5.74, 6) is 0.230. The highest BCUT2D eigenvalue weighted by atomic mass is 16.6. The van der Waals surface area contributed by atoms with Gasteiger partial charge in [0.1, 0.15) is 6.61 Å². The number of methoxy groups -OCH3 is 1. The van der Waals surface area contributed by atoms with Crippen LogP contribution in [0.25, 0.3) is 0 Å². The number of phenolic OH excluding ortho intramolecular Hbond substituents is 1. The zero-order valence-corrected chi connectivity index (χ0v) is 15.0. The van der Waals surface area contributed by atoms with Crippen LogP contribution >= 0.6 is 0 Å². The topological polar surface area (TPSA) is 118 Å². The van der Waals surface area contributed by atoms with E-state index in [1.807, 2.05) is 0 Å². The van der Waals surface area contributed by atoms with Crippen molar-refractivity contribution in [3.05, 3.63) is 48.0 Å². The molecule has 1 unspecified atom stereocenters. The summed E-state index contributed by atoms with van der Waals surface area (Å²) in [6.07, 6.45) is 0.423. The smallest absolute Gasteiger partial charge is 0.265 e. The van der Waals surface area contributed by atoms with E-state index in [0.29, 0.717) is 22.8 Å². The number of carbonyl (C=O) groups excluding carboxylic acids is 2. The molecule has 9 nitrogen and oxygen atoms in total. The van der Waals surface area contributed by atoms with E-state index in [1.165, 1.54) is 13.3 Å². The summed E-state index contributed by atoms with van der Waals surface area (Å²) in [7, 11) is 1.43. The van der Waals surface area contributed by atoms with Crippen molar-refractivity contribution in [1.82, 2.24) is 10.7 Å². The molecule has 1 aliphatic heterocycles. The number of carbonyl (C=O) groups is 2. The first-order valence-electron chi connectivity index (χ1n) is 8.42. The number of rotatable bonds is 6. The van der Waals surface area contributed by atoms with E-state index in [9.17, 15) is 14.7 Å². The van der Waals surface area contributed by atoms with Crippen molar-refractivity contribution in [1.29, 1.82) is 0 Å². The molecule has 9 heteroatoms. The molecule has 2 amide bonds. The molecule has 2 aromatic carbocycles. The molecule has 0 bridgehead atoms. The van der Waals surface area contributed by atoms with Crippen LogP contribution in [0.3, 0.4) is 0 Å². The van der Waals surface area contributed by atoms with E-state index in [-0.39, 0.29) is 18.9 Å². The summed E-state index contributed by atoms with van der Waals surface area (Å²) in [4.78, 5) is 24.0. The summed E-state index contributed by atoms with van der Waals surface area (Å²) in [5.41, 5.74) is 2.63. The lowest BCUT2D eigenvalue weighted by Crippen LogP contribution is -2.46. The summed E-state index contributed by atoms with van der Waals surface area (Å²) in [6.45, 7) is -0.237. The number of benzene rings is 2. The lowest BCUT2D eigenvalue weighted by atomic mass is 10.2. The van der Waals surface area contributed by atoms with Crippen LogP contribution in [-0.2, 0) is 9.59 Å². The van der Waals surface area contributed by atoms with Crippen LogP contribution in [0.5, 0.6) is 23.0 Å². The quantitative estimate of drug-likeness (QED) is 0.500. The van der Waals surface area contributed by atoms with E-state index < -0.39 is 17.9 Å². The van der Waals surface area contributed by atoms with Crippen LogP contribution in [0.2, 0.25) is 0 Å². The first-order valence-corrected chi connectivity index (χ1v) is 8.42. The normalized spacial score (nSPS) is 15.1. The Morgan fingerprint density at radius 1 is 1.25 bits per heavy atom. The maximum atomic E-state index is 12.1. The highest BCUT2D eigenvalue weighted by molar-refractivity contribution is 5.89. The van der Waals surface area contributed by atoms with Crippen LogP contribution < -0.4 is 25.0 Å². The minimum absolute atomic E-state index is 0.0533. The third kappa shape index (κ3) is 4.50. The zero-order valence-electron chi connectivity index (χ0n) is 15.0. The summed E-state index contributed by atoms with van der Waals surface area (Å²) in [6, 6.07) is 11.9. The number of nitrogens with zero attached hydrogens (tertiary/aromatic N) is 1. The van der Waals surface area contributed by atoms with Gasteiger partial charge < -0.3 is 24.6 Å². The second-order valence-corrected chi connectivity index (χ2v) is 5.77. The predicted molar refractivity (Wildman–Crippen MR) is 99.8 cm³/mol. The number of hydrogen-bond acceptors (Lipinski definition) is 7. The SMILES string of the molecule is COc1cccc(/C=N/NC(=O)CNC(=O)C2COc3ccccc3O2)c1O. The van der Waals surface area contributed by atoms with Gasteiger partial charge >= 0.3 is 0 Å². The number of hydrazone groups is 1. The standard InChI is InChI=1S/C19H19N3O6/c1-26-15-8-4-5-12(18(15)24)9-21-22-17(23)10-20-19(25)16-11-27-13-6-2-3-7-14(13)28-16/h2-9,16,24H,10-11H2,1H3,(H,20,25)(H,22,23)/b21-9+. The molecule has 1 aliphatic rings. The van der Waals surface area contributed by atoms with E-state index in [2.05, 4.69) is 15.8 Å². The molecule has 0 radical (unpaired) electrons. The van der Waals surface area contributed by atoms with Gasteiger partial charge in [-0.3, -0.25) is 9.59 Å². The molecule has 0 aromatic heterocycles. The number of fused-ring (bicyclic) bond motifs is 1. The van der Waals surface area contributed by atoms with Gasteiger partial charge in [-0.2, -0.15) is 5.10 Å². The van der Waals surface area contributed by atoms with Crippen molar-refractivity contribution in [2.75, 3.05) is 20.3 Å². The molecule has 0 saturated heterocycles. The van der Waals surface area contributed by atoms with Crippen molar-refractivity contribution in [3.8, 4) is 23.0 Å². The molecule has 0 saturated carbocycles. The Balaban J connectivity index is 1.46. The Bertz CT molecular complexity index is 899. The number of nitrogens with one attached hydrogen (secondary N) is 2. The lowest BCUT2D eigenvalue weighted by molar-refractivity contribution is -0.132. The minimum Gasteiger partial charge on any atom is -0.504 e. The zero-order chi connectivity index (χ0) is 19.9. The number of phenols is 1. The Labute approximate surface area is 160 Å². The largest absolute Gasteiger partial charge is 0.504 e. The van der Waals surface area contributed by atoms with Gasteiger partial charge in [-0.15, -0.1) is 0 Å². The fraction of sp³-hybridized carbons (Fsp3) is 0.211. The Kier molecular flexibility index (Phi) is 5.95. The van der Waals surface area contributed by atoms with Crippen molar-refractivity contribution >= 4 is 18.0 Å². The van der Waals surface area contributed by atoms with E-state index >= 15 is 0 Å². The van der Waals surface area contributed by atoms with E-state index in [1.54, 1.807) is 42.5 Å². The van der Waals surface area contributed by atoms with Gasteiger partial charge in [-0.05, 0) is 24.3 Å². The van der Waals surface area contributed by atoms with Crippen LogP contribution in [0.15, 0.2) is 47.6 Å². The maximum Gasteiger partial charge on any atom is 0.265 e. The molecule has 3 N–H and O–H groups in total. The third-order valence-corrected chi connectivity index (χ3v) is 3.87.